The quantitative estimate of drug-likeness (QED) is 0.839. The summed E-state index contributed by atoms with van der Waals surface area (Å²) in [5.74, 6) is -0.00598. The molecule has 3 N–H and O–H groups in total. The van der Waals surface area contributed by atoms with Crippen LogP contribution in [0.1, 0.15) is 23.1 Å². The predicted molar refractivity (Wildman–Crippen MR) is 81.7 cm³/mol. The van der Waals surface area contributed by atoms with E-state index in [1.807, 2.05) is 30.3 Å². The van der Waals surface area contributed by atoms with E-state index in [-0.39, 0.29) is 5.91 Å². The van der Waals surface area contributed by atoms with Crippen LogP contribution in [0.5, 0.6) is 0 Å². The average Bonchev–Trinajstić information content (AvgIpc) is 2.86. The van der Waals surface area contributed by atoms with E-state index in [1.54, 1.807) is 0 Å². The number of carbonyl (C=O) groups is 1. The lowest BCUT2D eigenvalue weighted by atomic mass is 10.1. The van der Waals surface area contributed by atoms with E-state index in [9.17, 15) is 4.79 Å². The maximum atomic E-state index is 12.0. The van der Waals surface area contributed by atoms with Gasteiger partial charge in [0.1, 0.15) is 0 Å². The number of rotatable bonds is 3. The van der Waals surface area contributed by atoms with Gasteiger partial charge < -0.3 is 11.1 Å². The van der Waals surface area contributed by atoms with Crippen LogP contribution in [0.3, 0.4) is 0 Å². The molecule has 0 radical (unpaired) electrons. The molecule has 0 bridgehead atoms. The first-order valence-corrected chi connectivity index (χ1v) is 6.97. The molecule has 1 aliphatic rings. The minimum atomic E-state index is -0.00598. The van der Waals surface area contributed by atoms with Crippen molar-refractivity contribution in [1.82, 2.24) is 0 Å². The van der Waals surface area contributed by atoms with Crippen LogP contribution < -0.4 is 11.1 Å². The van der Waals surface area contributed by atoms with Crippen LogP contribution in [0.25, 0.3) is 0 Å². The second-order valence-corrected chi connectivity index (χ2v) is 5.31. The van der Waals surface area contributed by atoms with E-state index < -0.39 is 0 Å². The van der Waals surface area contributed by atoms with Crippen LogP contribution >= 0.6 is 0 Å². The number of hydrogen-bond donors (Lipinski definition) is 2. The summed E-state index contributed by atoms with van der Waals surface area (Å²) >= 11 is 0. The summed E-state index contributed by atoms with van der Waals surface area (Å²) in [6.45, 7) is 0. The highest BCUT2D eigenvalue weighted by Crippen LogP contribution is 2.25. The molecule has 2 aromatic carbocycles. The number of hydrogen-bond acceptors (Lipinski definition) is 2. The third-order valence-corrected chi connectivity index (χ3v) is 3.70. The van der Waals surface area contributed by atoms with Gasteiger partial charge in [-0.2, -0.15) is 0 Å². The minimum Gasteiger partial charge on any atom is -0.399 e. The number of amides is 1. The van der Waals surface area contributed by atoms with Crippen LogP contribution in [0.4, 0.5) is 11.4 Å². The van der Waals surface area contributed by atoms with Crippen molar-refractivity contribution < 1.29 is 4.79 Å². The van der Waals surface area contributed by atoms with E-state index in [4.69, 9.17) is 5.73 Å². The zero-order chi connectivity index (χ0) is 13.9. The molecule has 0 atom stereocenters. The summed E-state index contributed by atoms with van der Waals surface area (Å²) in [6.07, 6.45) is 3.85. The van der Waals surface area contributed by atoms with Crippen molar-refractivity contribution in [3.05, 3.63) is 59.2 Å². The molecule has 0 unspecified atom stereocenters. The SMILES string of the molecule is Nc1cccc(CC(=O)Nc2ccc3c(c2)CCC3)c1. The van der Waals surface area contributed by atoms with E-state index in [0.717, 1.165) is 24.1 Å². The van der Waals surface area contributed by atoms with Crippen LogP contribution in [0.2, 0.25) is 0 Å². The molecule has 0 saturated heterocycles. The molecule has 3 nitrogen and oxygen atoms in total. The summed E-state index contributed by atoms with van der Waals surface area (Å²) in [5, 5.41) is 2.96. The molecule has 20 heavy (non-hydrogen) atoms. The highest BCUT2D eigenvalue weighted by Gasteiger charge is 2.12. The molecule has 3 heteroatoms. The van der Waals surface area contributed by atoms with Crippen molar-refractivity contribution in [3.63, 3.8) is 0 Å². The fourth-order valence-electron chi connectivity index (χ4n) is 2.74. The molecule has 3 rings (SSSR count). The number of carbonyl (C=O) groups excluding carboxylic acids is 1. The van der Waals surface area contributed by atoms with E-state index >= 15 is 0 Å². The Bertz CT molecular complexity index is 649. The number of benzene rings is 2. The maximum Gasteiger partial charge on any atom is 0.228 e. The summed E-state index contributed by atoms with van der Waals surface area (Å²) in [6, 6.07) is 13.6. The standard InChI is InChI=1S/C17H18N2O/c18-15-6-1-3-12(9-15)10-17(20)19-16-8-7-13-4-2-5-14(13)11-16/h1,3,6-9,11H,2,4-5,10,18H2,(H,19,20). The van der Waals surface area contributed by atoms with Crippen molar-refractivity contribution >= 4 is 17.3 Å². The zero-order valence-corrected chi connectivity index (χ0v) is 11.4. The molecule has 1 amide bonds. The Kier molecular flexibility index (Phi) is 3.42. The minimum absolute atomic E-state index is 0.00598. The fraction of sp³-hybridized carbons (Fsp3) is 0.235. The number of nitrogens with one attached hydrogen (secondary N) is 1. The molecule has 102 valence electrons. The summed E-state index contributed by atoms with van der Waals surface area (Å²) in [5.41, 5.74) is 11.0. The van der Waals surface area contributed by atoms with Crippen molar-refractivity contribution in [2.75, 3.05) is 11.1 Å². The van der Waals surface area contributed by atoms with Gasteiger partial charge in [-0.1, -0.05) is 18.2 Å². The molecule has 2 aromatic rings. The Hall–Kier alpha value is -2.29. The van der Waals surface area contributed by atoms with Gasteiger partial charge in [0.05, 0.1) is 6.42 Å². The maximum absolute atomic E-state index is 12.0. The highest BCUT2D eigenvalue weighted by molar-refractivity contribution is 5.92. The highest BCUT2D eigenvalue weighted by atomic mass is 16.1. The van der Waals surface area contributed by atoms with Gasteiger partial charge in [-0.25, -0.2) is 0 Å². The van der Waals surface area contributed by atoms with Crippen molar-refractivity contribution in [3.8, 4) is 0 Å². The van der Waals surface area contributed by atoms with Crippen molar-refractivity contribution in [2.24, 2.45) is 0 Å². The molecule has 0 aromatic heterocycles. The Morgan fingerprint density at radius 3 is 2.80 bits per heavy atom. The van der Waals surface area contributed by atoms with E-state index in [1.165, 1.54) is 17.5 Å². The molecule has 0 spiro atoms. The van der Waals surface area contributed by atoms with Crippen LogP contribution in [0, 0.1) is 0 Å². The molecule has 0 fully saturated rings. The van der Waals surface area contributed by atoms with Crippen molar-refractivity contribution in [1.29, 1.82) is 0 Å². The number of anilines is 2. The number of nitrogens with two attached hydrogens (primary N) is 1. The summed E-state index contributed by atoms with van der Waals surface area (Å²) < 4.78 is 0. The molecular formula is C17H18N2O. The van der Waals surface area contributed by atoms with Gasteiger partial charge in [-0.05, 0) is 60.2 Å². The Morgan fingerprint density at radius 1 is 1.10 bits per heavy atom. The third-order valence-electron chi connectivity index (χ3n) is 3.70. The first kappa shape index (κ1) is 12.7. The fourth-order valence-corrected chi connectivity index (χ4v) is 2.74. The Balaban J connectivity index is 1.67. The molecule has 0 heterocycles. The smallest absolute Gasteiger partial charge is 0.228 e. The van der Waals surface area contributed by atoms with Gasteiger partial charge in [0.2, 0.25) is 5.91 Å². The normalized spacial score (nSPS) is 13.0. The van der Waals surface area contributed by atoms with Crippen LogP contribution in [-0.2, 0) is 24.1 Å². The van der Waals surface area contributed by atoms with E-state index in [0.29, 0.717) is 12.1 Å². The number of nitrogen functional groups attached to an aromatic ring is 1. The van der Waals surface area contributed by atoms with Gasteiger partial charge in [0, 0.05) is 11.4 Å². The van der Waals surface area contributed by atoms with Crippen LogP contribution in [-0.4, -0.2) is 5.91 Å². The largest absolute Gasteiger partial charge is 0.399 e. The second-order valence-electron chi connectivity index (χ2n) is 5.31. The van der Waals surface area contributed by atoms with Gasteiger partial charge >= 0.3 is 0 Å². The molecule has 1 aliphatic carbocycles. The molecular weight excluding hydrogens is 248 g/mol. The number of fused-ring (bicyclic) bond motifs is 1. The van der Waals surface area contributed by atoms with Gasteiger partial charge in [0.15, 0.2) is 0 Å². The summed E-state index contributed by atoms with van der Waals surface area (Å²) in [7, 11) is 0. The predicted octanol–water partition coefficient (Wildman–Crippen LogP) is 2.94. The van der Waals surface area contributed by atoms with Crippen molar-refractivity contribution in [2.45, 2.75) is 25.7 Å². The summed E-state index contributed by atoms with van der Waals surface area (Å²) in [4.78, 5) is 12.0. The first-order valence-electron chi connectivity index (χ1n) is 6.97. The topological polar surface area (TPSA) is 55.1 Å². The zero-order valence-electron chi connectivity index (χ0n) is 11.4. The lowest BCUT2D eigenvalue weighted by Gasteiger charge is -2.08. The lowest BCUT2D eigenvalue weighted by molar-refractivity contribution is -0.115. The first-order chi connectivity index (χ1) is 9.70. The number of aryl methyl sites for hydroxylation is 2. The average molecular weight is 266 g/mol. The molecule has 0 aliphatic heterocycles. The second kappa shape index (κ2) is 5.37. The van der Waals surface area contributed by atoms with Gasteiger partial charge in [0.25, 0.3) is 0 Å². The van der Waals surface area contributed by atoms with Gasteiger partial charge in [-0.15, -0.1) is 0 Å². The van der Waals surface area contributed by atoms with Crippen LogP contribution in [0.15, 0.2) is 42.5 Å². The van der Waals surface area contributed by atoms with Gasteiger partial charge in [-0.3, -0.25) is 4.79 Å². The monoisotopic (exact) mass is 266 g/mol. The molecule has 0 saturated carbocycles. The third kappa shape index (κ3) is 2.82. The lowest BCUT2D eigenvalue weighted by Crippen LogP contribution is -2.14. The van der Waals surface area contributed by atoms with E-state index in [2.05, 4.69) is 17.4 Å². The Morgan fingerprint density at radius 2 is 1.95 bits per heavy atom. The Labute approximate surface area is 118 Å².